The number of guanidine groups is 1. The van der Waals surface area contributed by atoms with Crippen molar-refractivity contribution in [1.29, 1.82) is 0 Å². The number of hydrogen-bond acceptors (Lipinski definition) is 3. The Hall–Kier alpha value is -1.61. The Morgan fingerprint density at radius 3 is 2.75 bits per heavy atom. The zero-order chi connectivity index (χ0) is 19.2. The number of halogens is 1. The average Bonchev–Trinajstić information content (AvgIpc) is 3.14. The molecular formula is C21H29IN4OS. The van der Waals surface area contributed by atoms with Crippen molar-refractivity contribution in [2.45, 2.75) is 32.9 Å². The van der Waals surface area contributed by atoms with Gasteiger partial charge in [0.25, 0.3) is 0 Å². The number of aliphatic imine (C=N–C) groups is 1. The van der Waals surface area contributed by atoms with Gasteiger partial charge in [0.05, 0.1) is 0 Å². The molecule has 28 heavy (non-hydrogen) atoms. The first-order valence-electron chi connectivity index (χ1n) is 9.37. The van der Waals surface area contributed by atoms with Crippen LogP contribution in [0.3, 0.4) is 0 Å². The van der Waals surface area contributed by atoms with Crippen molar-refractivity contribution in [2.24, 2.45) is 4.99 Å². The number of nitrogens with one attached hydrogen (secondary N) is 1. The fraction of sp³-hybridized carbons (Fsp3) is 0.429. The standard InChI is InChI=1S/C21H28N4OS.HI/c1-16-4-6-17(7-5-16)14-24(3)21(22-2)23-11-8-20(26)25-12-9-19-18(15-25)10-13-27-19;/h4-7,10,13H,8-9,11-12,14-15H2,1-3H3,(H,22,23);1H. The summed E-state index contributed by atoms with van der Waals surface area (Å²) in [5.41, 5.74) is 3.80. The molecule has 0 aliphatic carbocycles. The molecule has 152 valence electrons. The molecule has 7 heteroatoms. The van der Waals surface area contributed by atoms with E-state index in [1.54, 1.807) is 18.4 Å². The van der Waals surface area contributed by atoms with Gasteiger partial charge in [0, 0.05) is 51.6 Å². The molecule has 1 aromatic carbocycles. The molecule has 1 aliphatic rings. The van der Waals surface area contributed by atoms with Gasteiger partial charge >= 0.3 is 0 Å². The van der Waals surface area contributed by atoms with Crippen LogP contribution in [0.25, 0.3) is 0 Å². The molecule has 0 fully saturated rings. The van der Waals surface area contributed by atoms with Gasteiger partial charge in [-0.2, -0.15) is 0 Å². The molecule has 1 aliphatic heterocycles. The highest BCUT2D eigenvalue weighted by Gasteiger charge is 2.21. The fourth-order valence-electron chi connectivity index (χ4n) is 3.33. The van der Waals surface area contributed by atoms with Gasteiger partial charge in [-0.3, -0.25) is 9.79 Å². The summed E-state index contributed by atoms with van der Waals surface area (Å²) >= 11 is 1.80. The molecule has 0 unspecified atom stereocenters. The predicted octanol–water partition coefficient (Wildman–Crippen LogP) is 3.66. The number of benzene rings is 1. The van der Waals surface area contributed by atoms with Gasteiger partial charge in [-0.15, -0.1) is 35.3 Å². The van der Waals surface area contributed by atoms with E-state index >= 15 is 0 Å². The summed E-state index contributed by atoms with van der Waals surface area (Å²) in [5.74, 6) is 1.01. The van der Waals surface area contributed by atoms with Gasteiger partial charge in [0.2, 0.25) is 5.91 Å². The molecule has 3 rings (SSSR count). The van der Waals surface area contributed by atoms with E-state index in [0.29, 0.717) is 13.0 Å². The highest BCUT2D eigenvalue weighted by atomic mass is 127. The summed E-state index contributed by atoms with van der Waals surface area (Å²) in [6.45, 7) is 5.04. The number of thiophene rings is 1. The first-order valence-corrected chi connectivity index (χ1v) is 10.2. The lowest BCUT2D eigenvalue weighted by Gasteiger charge is -2.27. The van der Waals surface area contributed by atoms with E-state index in [9.17, 15) is 4.79 Å². The number of carbonyl (C=O) groups is 1. The largest absolute Gasteiger partial charge is 0.356 e. The molecule has 1 amide bonds. The van der Waals surface area contributed by atoms with Gasteiger partial charge in [-0.1, -0.05) is 29.8 Å². The van der Waals surface area contributed by atoms with Crippen LogP contribution in [-0.4, -0.2) is 48.9 Å². The maximum atomic E-state index is 12.5. The fourth-order valence-corrected chi connectivity index (χ4v) is 4.22. The van der Waals surface area contributed by atoms with E-state index in [4.69, 9.17) is 0 Å². The van der Waals surface area contributed by atoms with E-state index in [-0.39, 0.29) is 29.9 Å². The Balaban J connectivity index is 0.00000280. The lowest BCUT2D eigenvalue weighted by Crippen LogP contribution is -2.41. The van der Waals surface area contributed by atoms with Crippen LogP contribution < -0.4 is 5.32 Å². The molecular weight excluding hydrogens is 483 g/mol. The summed E-state index contributed by atoms with van der Waals surface area (Å²) in [4.78, 5) is 22.3. The number of aryl methyl sites for hydroxylation is 1. The van der Waals surface area contributed by atoms with Crippen LogP contribution in [0.2, 0.25) is 0 Å². The Morgan fingerprint density at radius 1 is 1.29 bits per heavy atom. The lowest BCUT2D eigenvalue weighted by molar-refractivity contribution is -0.131. The van der Waals surface area contributed by atoms with Gasteiger partial charge in [-0.05, 0) is 35.9 Å². The zero-order valence-electron chi connectivity index (χ0n) is 16.8. The first kappa shape index (κ1) is 22.7. The molecule has 5 nitrogen and oxygen atoms in total. The van der Waals surface area contributed by atoms with Crippen molar-refractivity contribution in [1.82, 2.24) is 15.1 Å². The van der Waals surface area contributed by atoms with Crippen molar-refractivity contribution in [2.75, 3.05) is 27.2 Å². The van der Waals surface area contributed by atoms with Crippen molar-refractivity contribution < 1.29 is 4.79 Å². The summed E-state index contributed by atoms with van der Waals surface area (Å²) in [7, 11) is 3.79. The van der Waals surface area contributed by atoms with Gasteiger partial charge < -0.3 is 15.1 Å². The van der Waals surface area contributed by atoms with Crippen molar-refractivity contribution in [3.8, 4) is 0 Å². The molecule has 0 radical (unpaired) electrons. The number of rotatable bonds is 5. The third kappa shape index (κ3) is 5.94. The maximum Gasteiger partial charge on any atom is 0.224 e. The lowest BCUT2D eigenvalue weighted by atomic mass is 10.1. The maximum absolute atomic E-state index is 12.5. The minimum absolute atomic E-state index is 0. The number of fused-ring (bicyclic) bond motifs is 1. The smallest absolute Gasteiger partial charge is 0.224 e. The second-order valence-electron chi connectivity index (χ2n) is 7.00. The molecule has 0 atom stereocenters. The molecule has 0 saturated heterocycles. The highest BCUT2D eigenvalue weighted by molar-refractivity contribution is 14.0. The topological polar surface area (TPSA) is 47.9 Å². The van der Waals surface area contributed by atoms with Crippen LogP contribution >= 0.6 is 35.3 Å². The summed E-state index contributed by atoms with van der Waals surface area (Å²) in [5, 5.41) is 5.43. The van der Waals surface area contributed by atoms with Crippen LogP contribution in [0.15, 0.2) is 40.7 Å². The minimum Gasteiger partial charge on any atom is -0.356 e. The van der Waals surface area contributed by atoms with Crippen molar-refractivity contribution in [3.63, 3.8) is 0 Å². The monoisotopic (exact) mass is 512 g/mol. The number of nitrogens with zero attached hydrogens (tertiary/aromatic N) is 3. The third-order valence-electron chi connectivity index (χ3n) is 4.90. The molecule has 0 saturated carbocycles. The number of hydrogen-bond donors (Lipinski definition) is 1. The summed E-state index contributed by atoms with van der Waals surface area (Å²) in [6.07, 6.45) is 1.46. The molecule has 0 bridgehead atoms. The van der Waals surface area contributed by atoms with Crippen LogP contribution in [0.4, 0.5) is 0 Å². The number of carbonyl (C=O) groups excluding carboxylic acids is 1. The summed E-state index contributed by atoms with van der Waals surface area (Å²) in [6, 6.07) is 10.7. The van der Waals surface area contributed by atoms with E-state index in [0.717, 1.165) is 32.0 Å². The van der Waals surface area contributed by atoms with E-state index in [1.165, 1.54) is 21.6 Å². The second kappa shape index (κ2) is 10.8. The Labute approximate surface area is 188 Å². The van der Waals surface area contributed by atoms with E-state index in [2.05, 4.69) is 57.8 Å². The Kier molecular flexibility index (Phi) is 8.75. The van der Waals surface area contributed by atoms with Crippen molar-refractivity contribution >= 4 is 47.2 Å². The molecule has 1 N–H and O–H groups in total. The Bertz CT molecular complexity index is 803. The minimum atomic E-state index is 0. The van der Waals surface area contributed by atoms with E-state index in [1.807, 2.05) is 11.9 Å². The van der Waals surface area contributed by atoms with Crippen LogP contribution in [0, 0.1) is 6.92 Å². The third-order valence-corrected chi connectivity index (χ3v) is 5.92. The van der Waals surface area contributed by atoms with Crippen LogP contribution in [-0.2, 0) is 24.3 Å². The Morgan fingerprint density at radius 2 is 2.04 bits per heavy atom. The van der Waals surface area contributed by atoms with Gasteiger partial charge in [0.15, 0.2) is 5.96 Å². The van der Waals surface area contributed by atoms with Crippen molar-refractivity contribution in [3.05, 3.63) is 57.3 Å². The molecule has 2 heterocycles. The van der Waals surface area contributed by atoms with Crippen LogP contribution in [0.1, 0.15) is 28.0 Å². The molecule has 1 aromatic heterocycles. The first-order chi connectivity index (χ1) is 13.1. The highest BCUT2D eigenvalue weighted by Crippen LogP contribution is 2.24. The van der Waals surface area contributed by atoms with E-state index < -0.39 is 0 Å². The zero-order valence-corrected chi connectivity index (χ0v) is 19.9. The number of amides is 1. The molecule has 0 spiro atoms. The predicted molar refractivity (Wildman–Crippen MR) is 127 cm³/mol. The second-order valence-corrected chi connectivity index (χ2v) is 8.00. The SMILES string of the molecule is CN=C(NCCC(=O)N1CCc2sccc2C1)N(C)Cc1ccc(C)cc1.I. The normalized spacial score (nSPS) is 13.5. The van der Waals surface area contributed by atoms with Crippen LogP contribution in [0.5, 0.6) is 0 Å². The van der Waals surface area contributed by atoms with Gasteiger partial charge in [0.1, 0.15) is 0 Å². The van der Waals surface area contributed by atoms with Gasteiger partial charge in [-0.25, -0.2) is 0 Å². The summed E-state index contributed by atoms with van der Waals surface area (Å²) < 4.78 is 0. The quantitative estimate of drug-likeness (QED) is 0.378. The average molecular weight is 512 g/mol. The molecule has 2 aromatic rings.